The minimum Gasteiger partial charge on any atom is -0.379 e. The van der Waals surface area contributed by atoms with Crippen LogP contribution in [0.1, 0.15) is 19.8 Å². The lowest BCUT2D eigenvalue weighted by Gasteiger charge is -2.31. The van der Waals surface area contributed by atoms with Crippen LogP contribution >= 0.6 is 0 Å². The second kappa shape index (κ2) is 9.09. The summed E-state index contributed by atoms with van der Waals surface area (Å²) in [4.78, 5) is 16.4. The highest BCUT2D eigenvalue weighted by molar-refractivity contribution is 7.89. The number of benzene rings is 1. The lowest BCUT2D eigenvalue weighted by Crippen LogP contribution is -2.44. The van der Waals surface area contributed by atoms with Gasteiger partial charge in [-0.05, 0) is 36.3 Å². The van der Waals surface area contributed by atoms with Crippen LogP contribution in [0.4, 0.5) is 8.78 Å². The summed E-state index contributed by atoms with van der Waals surface area (Å²) in [6.45, 7) is 6.86. The van der Waals surface area contributed by atoms with Crippen LogP contribution in [0.3, 0.4) is 0 Å². The highest BCUT2D eigenvalue weighted by Crippen LogP contribution is 2.45. The van der Waals surface area contributed by atoms with Gasteiger partial charge in [0.2, 0.25) is 15.9 Å². The van der Waals surface area contributed by atoms with E-state index < -0.39 is 26.6 Å². The topological polar surface area (TPSA) is 79.0 Å². The SMILES string of the molecule is C[C@H]1C[C@@H]2[C@@H](CC(=O)N2CCN2CCOCC2)[C@@H]1CNS(=O)(=O)c1ccc(F)cc1F. The molecule has 4 rings (SSSR count). The molecule has 1 aromatic carbocycles. The first kappa shape index (κ1) is 22.6. The lowest BCUT2D eigenvalue weighted by atomic mass is 9.89. The van der Waals surface area contributed by atoms with E-state index in [2.05, 4.69) is 16.5 Å². The molecule has 4 atom stereocenters. The molecule has 1 amide bonds. The number of fused-ring (bicyclic) bond motifs is 1. The maximum absolute atomic E-state index is 14.0. The number of likely N-dealkylation sites (tertiary alicyclic amines) is 1. The highest BCUT2D eigenvalue weighted by Gasteiger charge is 2.50. The minimum atomic E-state index is -4.11. The van der Waals surface area contributed by atoms with E-state index in [1.807, 2.05) is 4.90 Å². The first-order valence-corrected chi connectivity index (χ1v) is 12.3. The third kappa shape index (κ3) is 4.76. The monoisotopic (exact) mass is 457 g/mol. The Morgan fingerprint density at radius 1 is 1.19 bits per heavy atom. The Balaban J connectivity index is 1.38. The quantitative estimate of drug-likeness (QED) is 0.671. The molecule has 1 saturated carbocycles. The van der Waals surface area contributed by atoms with Crippen molar-refractivity contribution in [1.82, 2.24) is 14.5 Å². The van der Waals surface area contributed by atoms with Crippen molar-refractivity contribution in [3.05, 3.63) is 29.8 Å². The summed E-state index contributed by atoms with van der Waals surface area (Å²) in [5.41, 5.74) is 0. The van der Waals surface area contributed by atoms with Gasteiger partial charge in [-0.2, -0.15) is 0 Å². The number of sulfonamides is 1. The maximum Gasteiger partial charge on any atom is 0.243 e. The summed E-state index contributed by atoms with van der Waals surface area (Å²) in [5, 5.41) is 0. The van der Waals surface area contributed by atoms with E-state index in [0.717, 1.165) is 38.2 Å². The lowest BCUT2D eigenvalue weighted by molar-refractivity contribution is -0.129. The second-order valence-corrected chi connectivity index (χ2v) is 10.5. The number of nitrogens with one attached hydrogen (secondary N) is 1. The molecule has 7 nitrogen and oxygen atoms in total. The van der Waals surface area contributed by atoms with Gasteiger partial charge in [-0.25, -0.2) is 21.9 Å². The molecule has 0 unspecified atom stereocenters. The van der Waals surface area contributed by atoms with Crippen LogP contribution in [0.25, 0.3) is 0 Å². The smallest absolute Gasteiger partial charge is 0.243 e. The fourth-order valence-electron chi connectivity index (χ4n) is 5.28. The molecule has 0 radical (unpaired) electrons. The number of hydrogen-bond donors (Lipinski definition) is 1. The Morgan fingerprint density at radius 3 is 2.65 bits per heavy atom. The van der Waals surface area contributed by atoms with Crippen LogP contribution in [0.5, 0.6) is 0 Å². The molecular weight excluding hydrogens is 428 g/mol. The predicted octanol–water partition coefficient (Wildman–Crippen LogP) is 1.45. The van der Waals surface area contributed by atoms with E-state index in [-0.39, 0.29) is 36.2 Å². The number of ether oxygens (including phenoxy) is 1. The average Bonchev–Trinajstić information content (AvgIpc) is 3.18. The van der Waals surface area contributed by atoms with Gasteiger partial charge < -0.3 is 9.64 Å². The number of morpholine rings is 1. The van der Waals surface area contributed by atoms with Crippen LogP contribution < -0.4 is 4.72 Å². The third-order valence-corrected chi connectivity index (χ3v) is 8.43. The van der Waals surface area contributed by atoms with Gasteiger partial charge >= 0.3 is 0 Å². The van der Waals surface area contributed by atoms with Gasteiger partial charge in [0.1, 0.15) is 16.5 Å². The van der Waals surface area contributed by atoms with E-state index in [1.165, 1.54) is 0 Å². The molecule has 1 N–H and O–H groups in total. The van der Waals surface area contributed by atoms with Gasteiger partial charge in [0, 0.05) is 51.3 Å². The Bertz CT molecular complexity index is 923. The summed E-state index contributed by atoms with van der Waals surface area (Å²) >= 11 is 0. The summed E-state index contributed by atoms with van der Waals surface area (Å²) in [6, 6.07) is 2.53. The van der Waals surface area contributed by atoms with Crippen molar-refractivity contribution in [2.45, 2.75) is 30.7 Å². The molecule has 1 aromatic rings. The number of hydrogen-bond acceptors (Lipinski definition) is 5. The number of halogens is 2. The van der Waals surface area contributed by atoms with Gasteiger partial charge in [0.15, 0.2) is 0 Å². The van der Waals surface area contributed by atoms with Gasteiger partial charge in [-0.15, -0.1) is 0 Å². The molecule has 10 heteroatoms. The third-order valence-electron chi connectivity index (χ3n) is 6.97. The number of rotatable bonds is 7. The Labute approximate surface area is 181 Å². The van der Waals surface area contributed by atoms with Crippen molar-refractivity contribution in [3.63, 3.8) is 0 Å². The zero-order valence-electron chi connectivity index (χ0n) is 17.6. The minimum absolute atomic E-state index is 0.0133. The molecule has 1 aliphatic carbocycles. The van der Waals surface area contributed by atoms with E-state index in [1.54, 1.807) is 0 Å². The molecule has 2 saturated heterocycles. The van der Waals surface area contributed by atoms with Gasteiger partial charge in [0.25, 0.3) is 0 Å². The largest absolute Gasteiger partial charge is 0.379 e. The average molecular weight is 458 g/mol. The van der Waals surface area contributed by atoms with Crippen molar-refractivity contribution in [2.24, 2.45) is 17.8 Å². The molecule has 31 heavy (non-hydrogen) atoms. The Hall–Kier alpha value is -1.62. The maximum atomic E-state index is 14.0. The van der Waals surface area contributed by atoms with Crippen molar-refractivity contribution < 1.29 is 26.7 Å². The molecule has 2 heterocycles. The summed E-state index contributed by atoms with van der Waals surface area (Å²) < 4.78 is 60.1. The van der Waals surface area contributed by atoms with Crippen LogP contribution in [0.15, 0.2) is 23.1 Å². The second-order valence-electron chi connectivity index (χ2n) is 8.78. The van der Waals surface area contributed by atoms with Crippen molar-refractivity contribution in [3.8, 4) is 0 Å². The summed E-state index contributed by atoms with van der Waals surface area (Å²) in [6.07, 6.45) is 1.24. The Morgan fingerprint density at radius 2 is 1.94 bits per heavy atom. The summed E-state index contributed by atoms with van der Waals surface area (Å²) in [7, 11) is -4.11. The normalized spacial score (nSPS) is 29.5. The molecule has 0 aromatic heterocycles. The predicted molar refractivity (Wildman–Crippen MR) is 110 cm³/mol. The van der Waals surface area contributed by atoms with Gasteiger partial charge in [-0.1, -0.05) is 6.92 Å². The van der Waals surface area contributed by atoms with E-state index in [0.29, 0.717) is 32.2 Å². The number of carbonyl (C=O) groups is 1. The van der Waals surface area contributed by atoms with Crippen molar-refractivity contribution in [1.29, 1.82) is 0 Å². The molecule has 3 fully saturated rings. The fraction of sp³-hybridized carbons (Fsp3) is 0.667. The fourth-order valence-corrected chi connectivity index (χ4v) is 6.41. The molecule has 172 valence electrons. The molecule has 2 aliphatic heterocycles. The zero-order chi connectivity index (χ0) is 22.2. The van der Waals surface area contributed by atoms with E-state index in [9.17, 15) is 22.0 Å². The van der Waals surface area contributed by atoms with Crippen LogP contribution in [0.2, 0.25) is 0 Å². The molecule has 3 aliphatic rings. The van der Waals surface area contributed by atoms with Gasteiger partial charge in [-0.3, -0.25) is 9.69 Å². The van der Waals surface area contributed by atoms with Crippen molar-refractivity contribution >= 4 is 15.9 Å². The molecule has 0 bridgehead atoms. The van der Waals surface area contributed by atoms with Crippen LogP contribution in [0, 0.1) is 29.4 Å². The van der Waals surface area contributed by atoms with Crippen LogP contribution in [-0.2, 0) is 19.6 Å². The van der Waals surface area contributed by atoms with E-state index in [4.69, 9.17) is 4.74 Å². The number of nitrogens with zero attached hydrogens (tertiary/aromatic N) is 2. The highest BCUT2D eigenvalue weighted by atomic mass is 32.2. The summed E-state index contributed by atoms with van der Waals surface area (Å²) in [5.74, 6) is -1.53. The standard InChI is InChI=1S/C21H29F2N3O4S/c1-14-10-19-16(12-21(27)26(19)5-4-25-6-8-30-9-7-25)17(14)13-24-31(28,29)20-3-2-15(22)11-18(20)23/h2-3,11,14,16-17,19,24H,4-10,12-13H2,1H3/t14-,16-,17+,19+/m0/s1. The zero-order valence-corrected chi connectivity index (χ0v) is 18.4. The number of amides is 1. The van der Waals surface area contributed by atoms with Crippen LogP contribution in [-0.4, -0.2) is 76.1 Å². The van der Waals surface area contributed by atoms with E-state index >= 15 is 0 Å². The molecular formula is C21H29F2N3O4S. The molecule has 0 spiro atoms. The Kier molecular flexibility index (Phi) is 6.62. The van der Waals surface area contributed by atoms with Gasteiger partial charge in [0.05, 0.1) is 13.2 Å². The van der Waals surface area contributed by atoms with Crippen molar-refractivity contribution in [2.75, 3.05) is 45.9 Å². The first-order valence-electron chi connectivity index (χ1n) is 10.8. The first-order chi connectivity index (χ1) is 14.8. The number of carbonyl (C=O) groups excluding carboxylic acids is 1.